The molecule has 2 heteroatoms. The summed E-state index contributed by atoms with van der Waals surface area (Å²) in [6.45, 7) is 7.80. The van der Waals surface area contributed by atoms with E-state index in [2.05, 4.69) is 20.4 Å². The van der Waals surface area contributed by atoms with Gasteiger partial charge in [0.1, 0.15) is 0 Å². The van der Waals surface area contributed by atoms with Crippen molar-refractivity contribution in [3.8, 4) is 0 Å². The maximum absolute atomic E-state index is 11.4. The third-order valence-electron chi connectivity index (χ3n) is 2.48. The molecular weight excluding hydrogens is 176 g/mol. The van der Waals surface area contributed by atoms with Crippen molar-refractivity contribution in [1.82, 2.24) is 0 Å². The summed E-state index contributed by atoms with van der Waals surface area (Å²) in [6.07, 6.45) is 6.07. The highest BCUT2D eigenvalue weighted by Gasteiger charge is 2.21. The van der Waals surface area contributed by atoms with Crippen LogP contribution in [0.2, 0.25) is 0 Å². The van der Waals surface area contributed by atoms with Crippen LogP contribution in [0.4, 0.5) is 0 Å². The first-order valence-electron chi connectivity index (χ1n) is 5.32. The van der Waals surface area contributed by atoms with Gasteiger partial charge in [0, 0.05) is 0 Å². The van der Waals surface area contributed by atoms with E-state index in [1.807, 2.05) is 6.08 Å². The number of rotatable bonds is 7. The number of esters is 1. The molecule has 0 aromatic heterocycles. The van der Waals surface area contributed by atoms with Crippen LogP contribution in [0.25, 0.3) is 0 Å². The van der Waals surface area contributed by atoms with Gasteiger partial charge in [-0.25, -0.2) is 0 Å². The van der Waals surface area contributed by atoms with Gasteiger partial charge in [0.05, 0.1) is 13.0 Å². The van der Waals surface area contributed by atoms with Crippen LogP contribution in [-0.2, 0) is 9.53 Å². The molecule has 0 saturated carbocycles. The zero-order chi connectivity index (χ0) is 11.0. The molecule has 0 aliphatic heterocycles. The topological polar surface area (TPSA) is 26.3 Å². The standard InChI is InChI=1S/C12H22O2/c1-5-6-7-8-9-11(10(2)3)12(13)14-4/h5,10-11H,1,6-9H2,2-4H3. The molecule has 1 atom stereocenters. The van der Waals surface area contributed by atoms with Gasteiger partial charge in [-0.3, -0.25) is 4.79 Å². The smallest absolute Gasteiger partial charge is 0.308 e. The molecule has 14 heavy (non-hydrogen) atoms. The zero-order valence-corrected chi connectivity index (χ0v) is 9.58. The Bertz CT molecular complexity index is 173. The number of hydrogen-bond acceptors (Lipinski definition) is 2. The Morgan fingerprint density at radius 3 is 2.50 bits per heavy atom. The Balaban J connectivity index is 3.85. The van der Waals surface area contributed by atoms with Gasteiger partial charge in [0.2, 0.25) is 0 Å². The molecule has 82 valence electrons. The second-order valence-electron chi connectivity index (χ2n) is 3.95. The van der Waals surface area contributed by atoms with Gasteiger partial charge in [-0.15, -0.1) is 6.58 Å². The van der Waals surface area contributed by atoms with Crippen molar-refractivity contribution in [2.24, 2.45) is 11.8 Å². The van der Waals surface area contributed by atoms with Crippen LogP contribution in [0.15, 0.2) is 12.7 Å². The lowest BCUT2D eigenvalue weighted by atomic mass is 9.90. The summed E-state index contributed by atoms with van der Waals surface area (Å²) in [5.74, 6) is 0.356. The third-order valence-corrected chi connectivity index (χ3v) is 2.48. The summed E-state index contributed by atoms with van der Waals surface area (Å²) in [7, 11) is 1.46. The number of ether oxygens (including phenoxy) is 1. The lowest BCUT2D eigenvalue weighted by molar-refractivity contribution is -0.147. The molecule has 0 heterocycles. The number of carbonyl (C=O) groups is 1. The Hall–Kier alpha value is -0.790. The summed E-state index contributed by atoms with van der Waals surface area (Å²) < 4.78 is 4.77. The molecular formula is C12H22O2. The second-order valence-corrected chi connectivity index (χ2v) is 3.95. The van der Waals surface area contributed by atoms with Crippen molar-refractivity contribution in [3.63, 3.8) is 0 Å². The lowest BCUT2D eigenvalue weighted by Gasteiger charge is -2.17. The van der Waals surface area contributed by atoms with Crippen LogP contribution in [-0.4, -0.2) is 13.1 Å². The Morgan fingerprint density at radius 1 is 1.43 bits per heavy atom. The van der Waals surface area contributed by atoms with Crippen molar-refractivity contribution in [3.05, 3.63) is 12.7 Å². The average Bonchev–Trinajstić information content (AvgIpc) is 2.16. The van der Waals surface area contributed by atoms with Gasteiger partial charge in [0.15, 0.2) is 0 Å². The molecule has 0 aliphatic carbocycles. The van der Waals surface area contributed by atoms with Crippen molar-refractivity contribution in [2.45, 2.75) is 39.5 Å². The number of methoxy groups -OCH3 is 1. The number of allylic oxidation sites excluding steroid dienone is 1. The normalized spacial score (nSPS) is 12.6. The monoisotopic (exact) mass is 198 g/mol. The van der Waals surface area contributed by atoms with E-state index in [0.717, 1.165) is 25.7 Å². The third kappa shape index (κ3) is 5.05. The molecule has 0 spiro atoms. The largest absolute Gasteiger partial charge is 0.469 e. The van der Waals surface area contributed by atoms with Gasteiger partial charge in [-0.05, 0) is 25.2 Å². The highest BCUT2D eigenvalue weighted by atomic mass is 16.5. The minimum absolute atomic E-state index is 0.0600. The number of carbonyl (C=O) groups excluding carboxylic acids is 1. The maximum Gasteiger partial charge on any atom is 0.308 e. The van der Waals surface area contributed by atoms with Gasteiger partial charge in [-0.1, -0.05) is 26.3 Å². The fourth-order valence-corrected chi connectivity index (χ4v) is 1.53. The molecule has 1 unspecified atom stereocenters. The molecule has 0 fully saturated rings. The van der Waals surface area contributed by atoms with Gasteiger partial charge >= 0.3 is 5.97 Å². The molecule has 0 N–H and O–H groups in total. The highest BCUT2D eigenvalue weighted by Crippen LogP contribution is 2.20. The summed E-state index contributed by atoms with van der Waals surface area (Å²) >= 11 is 0. The molecule has 0 aromatic rings. The predicted molar refractivity (Wildman–Crippen MR) is 59.0 cm³/mol. The van der Waals surface area contributed by atoms with E-state index in [1.54, 1.807) is 0 Å². The van der Waals surface area contributed by atoms with Crippen molar-refractivity contribution < 1.29 is 9.53 Å². The number of unbranched alkanes of at least 4 members (excludes halogenated alkanes) is 2. The Labute approximate surface area is 87.3 Å². The van der Waals surface area contributed by atoms with Crippen LogP contribution in [0.1, 0.15) is 39.5 Å². The van der Waals surface area contributed by atoms with Crippen molar-refractivity contribution in [2.75, 3.05) is 7.11 Å². The summed E-state index contributed by atoms with van der Waals surface area (Å²) in [5.41, 5.74) is 0. The lowest BCUT2D eigenvalue weighted by Crippen LogP contribution is -2.21. The van der Waals surface area contributed by atoms with Crippen LogP contribution >= 0.6 is 0 Å². The van der Waals surface area contributed by atoms with Crippen LogP contribution < -0.4 is 0 Å². The van der Waals surface area contributed by atoms with E-state index in [9.17, 15) is 4.79 Å². The van der Waals surface area contributed by atoms with E-state index in [1.165, 1.54) is 7.11 Å². The molecule has 2 nitrogen and oxygen atoms in total. The molecule has 0 rings (SSSR count). The van der Waals surface area contributed by atoms with E-state index < -0.39 is 0 Å². The first-order chi connectivity index (χ1) is 6.63. The summed E-state index contributed by atoms with van der Waals surface area (Å²) in [6, 6.07) is 0. The maximum atomic E-state index is 11.4. The van der Waals surface area contributed by atoms with Crippen LogP contribution in [0, 0.1) is 11.8 Å². The minimum atomic E-state index is -0.0707. The molecule has 0 aliphatic rings. The molecule has 0 amide bonds. The second kappa shape index (κ2) is 7.60. The molecule has 0 radical (unpaired) electrons. The predicted octanol–water partition coefficient (Wildman–Crippen LogP) is 3.18. The Kier molecular flexibility index (Phi) is 7.17. The Morgan fingerprint density at radius 2 is 2.07 bits per heavy atom. The molecule has 0 aromatic carbocycles. The van der Waals surface area contributed by atoms with Crippen LogP contribution in [0.3, 0.4) is 0 Å². The summed E-state index contributed by atoms with van der Waals surface area (Å²) in [4.78, 5) is 11.4. The van der Waals surface area contributed by atoms with Crippen molar-refractivity contribution >= 4 is 5.97 Å². The molecule has 0 saturated heterocycles. The quantitative estimate of drug-likeness (QED) is 0.357. The van der Waals surface area contributed by atoms with Gasteiger partial charge in [0.25, 0.3) is 0 Å². The van der Waals surface area contributed by atoms with E-state index >= 15 is 0 Å². The van der Waals surface area contributed by atoms with E-state index in [0.29, 0.717) is 5.92 Å². The minimum Gasteiger partial charge on any atom is -0.469 e. The van der Waals surface area contributed by atoms with Gasteiger partial charge in [-0.2, -0.15) is 0 Å². The fraction of sp³-hybridized carbons (Fsp3) is 0.750. The summed E-state index contributed by atoms with van der Waals surface area (Å²) in [5, 5.41) is 0. The highest BCUT2D eigenvalue weighted by molar-refractivity contribution is 5.72. The van der Waals surface area contributed by atoms with Crippen LogP contribution in [0.5, 0.6) is 0 Å². The first kappa shape index (κ1) is 13.2. The molecule has 0 bridgehead atoms. The van der Waals surface area contributed by atoms with Crippen molar-refractivity contribution in [1.29, 1.82) is 0 Å². The zero-order valence-electron chi connectivity index (χ0n) is 9.58. The SMILES string of the molecule is C=CCCCCC(C(=O)OC)C(C)C. The van der Waals surface area contributed by atoms with E-state index in [-0.39, 0.29) is 11.9 Å². The van der Waals surface area contributed by atoms with Gasteiger partial charge < -0.3 is 4.74 Å². The first-order valence-corrected chi connectivity index (χ1v) is 5.32. The average molecular weight is 198 g/mol. The fourth-order valence-electron chi connectivity index (χ4n) is 1.53. The number of hydrogen-bond donors (Lipinski definition) is 0. The van der Waals surface area contributed by atoms with E-state index in [4.69, 9.17) is 4.74 Å².